The normalized spacial score (nSPS) is 20.6. The first kappa shape index (κ1) is 8.54. The zero-order valence-electron chi connectivity index (χ0n) is 8.26. The Morgan fingerprint density at radius 2 is 2.15 bits per heavy atom. The molecule has 1 heterocycles. The maximum absolute atomic E-state index is 13.1. The van der Waals surface area contributed by atoms with E-state index in [-0.39, 0.29) is 5.82 Å². The fourth-order valence-electron chi connectivity index (χ4n) is 2.26. The van der Waals surface area contributed by atoms with Gasteiger partial charge in [0.1, 0.15) is 5.82 Å². The molecule has 70 valence electrons. The summed E-state index contributed by atoms with van der Waals surface area (Å²) in [5, 5.41) is 0. The summed E-state index contributed by atoms with van der Waals surface area (Å²) in [4.78, 5) is 2.20. The molecule has 0 aliphatic carbocycles. The summed E-state index contributed by atoms with van der Waals surface area (Å²) in [5.74, 6) is 0.341. The van der Waals surface area contributed by atoms with Crippen molar-refractivity contribution >= 4 is 5.69 Å². The molecule has 1 aliphatic heterocycles. The SMILES string of the molecule is Cc1cc(F)cc2c1N(C)CC2C. The number of halogens is 1. The average Bonchev–Trinajstić information content (AvgIpc) is 2.27. The van der Waals surface area contributed by atoms with Gasteiger partial charge in [0, 0.05) is 25.2 Å². The molecule has 1 unspecified atom stereocenters. The zero-order valence-corrected chi connectivity index (χ0v) is 8.26. The van der Waals surface area contributed by atoms with Gasteiger partial charge in [0.05, 0.1) is 0 Å². The van der Waals surface area contributed by atoms with Crippen LogP contribution in [-0.2, 0) is 0 Å². The van der Waals surface area contributed by atoms with Gasteiger partial charge in [-0.25, -0.2) is 4.39 Å². The molecule has 0 N–H and O–H groups in total. The third-order valence-electron chi connectivity index (χ3n) is 2.76. The van der Waals surface area contributed by atoms with Crippen LogP contribution in [0.1, 0.15) is 24.0 Å². The number of hydrogen-bond acceptors (Lipinski definition) is 1. The van der Waals surface area contributed by atoms with Crippen LogP contribution in [0.3, 0.4) is 0 Å². The second-order valence-electron chi connectivity index (χ2n) is 3.94. The molecule has 0 saturated carbocycles. The molecule has 2 rings (SSSR count). The Labute approximate surface area is 78.2 Å². The van der Waals surface area contributed by atoms with Crippen molar-refractivity contribution in [2.24, 2.45) is 0 Å². The highest BCUT2D eigenvalue weighted by atomic mass is 19.1. The van der Waals surface area contributed by atoms with Gasteiger partial charge in [-0.2, -0.15) is 0 Å². The minimum Gasteiger partial charge on any atom is -0.374 e. The van der Waals surface area contributed by atoms with Gasteiger partial charge in [-0.3, -0.25) is 0 Å². The predicted molar refractivity (Wildman–Crippen MR) is 52.8 cm³/mol. The van der Waals surface area contributed by atoms with Crippen LogP contribution in [0.15, 0.2) is 12.1 Å². The lowest BCUT2D eigenvalue weighted by atomic mass is 10.0. The van der Waals surface area contributed by atoms with Crippen molar-refractivity contribution < 1.29 is 4.39 Å². The Bertz CT molecular complexity index is 346. The maximum atomic E-state index is 13.1. The van der Waals surface area contributed by atoms with Crippen molar-refractivity contribution in [3.05, 3.63) is 29.1 Å². The van der Waals surface area contributed by atoms with E-state index in [9.17, 15) is 4.39 Å². The second-order valence-corrected chi connectivity index (χ2v) is 3.94. The molecule has 1 aliphatic rings. The maximum Gasteiger partial charge on any atom is 0.123 e. The molecule has 0 amide bonds. The van der Waals surface area contributed by atoms with Gasteiger partial charge in [0.25, 0.3) is 0 Å². The standard InChI is InChI=1S/C11H14FN/c1-7-4-9(12)5-10-8(2)6-13(3)11(7)10/h4-5,8H,6H2,1-3H3. The number of fused-ring (bicyclic) bond motifs is 1. The van der Waals surface area contributed by atoms with E-state index in [4.69, 9.17) is 0 Å². The van der Waals surface area contributed by atoms with Crippen molar-refractivity contribution in [1.29, 1.82) is 0 Å². The van der Waals surface area contributed by atoms with Gasteiger partial charge in [-0.05, 0) is 30.2 Å². The lowest BCUT2D eigenvalue weighted by molar-refractivity contribution is 0.623. The highest BCUT2D eigenvalue weighted by Crippen LogP contribution is 2.37. The quantitative estimate of drug-likeness (QED) is 0.592. The molecule has 0 fully saturated rings. The van der Waals surface area contributed by atoms with Crippen LogP contribution in [0.4, 0.5) is 10.1 Å². The molecule has 13 heavy (non-hydrogen) atoms. The minimum atomic E-state index is -0.113. The number of nitrogens with zero attached hydrogens (tertiary/aromatic N) is 1. The molecule has 0 saturated heterocycles. The van der Waals surface area contributed by atoms with Crippen molar-refractivity contribution in [1.82, 2.24) is 0 Å². The minimum absolute atomic E-state index is 0.113. The number of benzene rings is 1. The molecule has 1 atom stereocenters. The van der Waals surface area contributed by atoms with Crippen LogP contribution in [0.2, 0.25) is 0 Å². The van der Waals surface area contributed by atoms with Crippen molar-refractivity contribution in [2.75, 3.05) is 18.5 Å². The van der Waals surface area contributed by atoms with Crippen molar-refractivity contribution in [2.45, 2.75) is 19.8 Å². The number of likely N-dealkylation sites (N-methyl/N-ethyl adjacent to an activating group) is 1. The number of rotatable bonds is 0. The Morgan fingerprint density at radius 3 is 2.85 bits per heavy atom. The Morgan fingerprint density at radius 1 is 1.46 bits per heavy atom. The van der Waals surface area contributed by atoms with Crippen LogP contribution >= 0.6 is 0 Å². The molecule has 1 aromatic carbocycles. The second kappa shape index (κ2) is 2.72. The third kappa shape index (κ3) is 1.21. The molecule has 0 radical (unpaired) electrons. The van der Waals surface area contributed by atoms with Crippen LogP contribution in [0.5, 0.6) is 0 Å². The van der Waals surface area contributed by atoms with E-state index in [1.807, 2.05) is 6.92 Å². The van der Waals surface area contributed by atoms with Crippen LogP contribution in [0.25, 0.3) is 0 Å². The first-order chi connectivity index (χ1) is 6.09. The Balaban J connectivity index is 2.63. The van der Waals surface area contributed by atoms with Gasteiger partial charge in [-0.1, -0.05) is 6.92 Å². The van der Waals surface area contributed by atoms with Crippen LogP contribution in [0, 0.1) is 12.7 Å². The lowest BCUT2D eigenvalue weighted by Crippen LogP contribution is -2.14. The summed E-state index contributed by atoms with van der Waals surface area (Å²) in [6, 6.07) is 3.27. The summed E-state index contributed by atoms with van der Waals surface area (Å²) in [6.07, 6.45) is 0. The number of anilines is 1. The Hall–Kier alpha value is -1.05. The molecule has 0 aromatic heterocycles. The molecule has 2 heteroatoms. The van der Waals surface area contributed by atoms with Gasteiger partial charge in [-0.15, -0.1) is 0 Å². The van der Waals surface area contributed by atoms with E-state index >= 15 is 0 Å². The fraction of sp³-hybridized carbons (Fsp3) is 0.455. The molecule has 0 bridgehead atoms. The zero-order chi connectivity index (χ0) is 9.59. The Kier molecular flexibility index (Phi) is 1.79. The largest absolute Gasteiger partial charge is 0.374 e. The topological polar surface area (TPSA) is 3.24 Å². The summed E-state index contributed by atoms with van der Waals surface area (Å²) in [7, 11) is 2.06. The molecular weight excluding hydrogens is 165 g/mol. The highest BCUT2D eigenvalue weighted by Gasteiger charge is 2.24. The first-order valence-electron chi connectivity index (χ1n) is 4.61. The van der Waals surface area contributed by atoms with Crippen molar-refractivity contribution in [3.8, 4) is 0 Å². The summed E-state index contributed by atoms with van der Waals surface area (Å²) >= 11 is 0. The van der Waals surface area contributed by atoms with Crippen LogP contribution < -0.4 is 4.90 Å². The number of aryl methyl sites for hydroxylation is 1. The fourth-order valence-corrected chi connectivity index (χ4v) is 2.26. The van der Waals surface area contributed by atoms with Gasteiger partial charge >= 0.3 is 0 Å². The van der Waals surface area contributed by atoms with E-state index in [2.05, 4.69) is 18.9 Å². The van der Waals surface area contributed by atoms with E-state index in [1.54, 1.807) is 12.1 Å². The summed E-state index contributed by atoms with van der Waals surface area (Å²) in [6.45, 7) is 5.11. The average molecular weight is 179 g/mol. The monoisotopic (exact) mass is 179 g/mol. The van der Waals surface area contributed by atoms with E-state index < -0.39 is 0 Å². The van der Waals surface area contributed by atoms with Gasteiger partial charge in [0.15, 0.2) is 0 Å². The molecule has 0 spiro atoms. The van der Waals surface area contributed by atoms with Crippen LogP contribution in [-0.4, -0.2) is 13.6 Å². The number of hydrogen-bond donors (Lipinski definition) is 0. The molecule has 1 aromatic rings. The van der Waals surface area contributed by atoms with E-state index in [0.717, 1.165) is 17.7 Å². The molecular formula is C11H14FN. The van der Waals surface area contributed by atoms with Crippen molar-refractivity contribution in [3.63, 3.8) is 0 Å². The van der Waals surface area contributed by atoms with E-state index in [1.165, 1.54) is 5.69 Å². The van der Waals surface area contributed by atoms with E-state index in [0.29, 0.717) is 5.92 Å². The highest BCUT2D eigenvalue weighted by molar-refractivity contribution is 5.64. The summed E-state index contributed by atoms with van der Waals surface area (Å²) < 4.78 is 13.1. The van der Waals surface area contributed by atoms with Gasteiger partial charge < -0.3 is 4.90 Å². The predicted octanol–water partition coefficient (Wildman–Crippen LogP) is 2.69. The smallest absolute Gasteiger partial charge is 0.123 e. The lowest BCUT2D eigenvalue weighted by Gasteiger charge is -2.14. The molecule has 1 nitrogen and oxygen atoms in total. The summed E-state index contributed by atoms with van der Waals surface area (Å²) in [5.41, 5.74) is 3.41. The first-order valence-corrected chi connectivity index (χ1v) is 4.61. The third-order valence-corrected chi connectivity index (χ3v) is 2.76. The van der Waals surface area contributed by atoms with Gasteiger partial charge in [0.2, 0.25) is 0 Å².